The number of carbonyl (C=O) groups is 1. The van der Waals surface area contributed by atoms with Crippen LogP contribution in [0.15, 0.2) is 18.2 Å². The summed E-state index contributed by atoms with van der Waals surface area (Å²) in [5.41, 5.74) is 0. The van der Waals surface area contributed by atoms with Crippen LogP contribution in [0.3, 0.4) is 0 Å². The first-order valence-corrected chi connectivity index (χ1v) is 5.25. The summed E-state index contributed by atoms with van der Waals surface area (Å²) in [6.07, 6.45) is 0. The van der Waals surface area contributed by atoms with E-state index in [1.165, 1.54) is 18.3 Å². The van der Waals surface area contributed by atoms with Crippen LogP contribution in [-0.2, 0) is 0 Å². The summed E-state index contributed by atoms with van der Waals surface area (Å²) < 4.78 is 6.07. The number of ketones is 1. The van der Waals surface area contributed by atoms with Crippen LogP contribution in [0.4, 0.5) is 0 Å². The van der Waals surface area contributed by atoms with Gasteiger partial charge in [0.1, 0.15) is 16.4 Å². The third kappa shape index (κ3) is 1.57. The van der Waals surface area contributed by atoms with Crippen molar-refractivity contribution in [1.82, 2.24) is 0 Å². The summed E-state index contributed by atoms with van der Waals surface area (Å²) in [6, 6.07) is 4.98. The second kappa shape index (κ2) is 3.55. The van der Waals surface area contributed by atoms with Crippen LogP contribution in [0, 0.1) is 0 Å². The summed E-state index contributed by atoms with van der Waals surface area (Å²) >= 11 is 1.34. The van der Waals surface area contributed by atoms with Gasteiger partial charge in [-0.05, 0) is 18.2 Å². The number of hydrogen-bond acceptors (Lipinski definition) is 4. The van der Waals surface area contributed by atoms with Gasteiger partial charge in [-0.1, -0.05) is 0 Å². The largest absolute Gasteiger partial charge is 0.508 e. The van der Waals surface area contributed by atoms with Gasteiger partial charge in [-0.25, -0.2) is 0 Å². The molecule has 0 unspecified atom stereocenters. The number of hydrogen-bond donors (Lipinski definition) is 1. The molecule has 0 radical (unpaired) electrons. The number of phenols is 1. The van der Waals surface area contributed by atoms with E-state index in [-0.39, 0.29) is 11.5 Å². The molecule has 2 aromatic rings. The summed E-state index contributed by atoms with van der Waals surface area (Å²) in [7, 11) is 1.54. The SMILES string of the molecule is COc1c(C(C)=O)sc2cc(O)ccc12. The number of Topliss-reactive ketones (excluding diaryl/α,β-unsaturated/α-hetero) is 1. The predicted octanol–water partition coefficient (Wildman–Crippen LogP) is 2.82. The van der Waals surface area contributed by atoms with E-state index in [1.807, 2.05) is 0 Å². The first kappa shape index (κ1) is 9.98. The van der Waals surface area contributed by atoms with E-state index >= 15 is 0 Å². The molecule has 78 valence electrons. The van der Waals surface area contributed by atoms with E-state index in [0.29, 0.717) is 10.6 Å². The third-order valence-electron chi connectivity index (χ3n) is 2.15. The van der Waals surface area contributed by atoms with E-state index in [1.54, 1.807) is 25.3 Å². The molecule has 0 saturated heterocycles. The van der Waals surface area contributed by atoms with E-state index in [4.69, 9.17) is 4.74 Å². The number of fused-ring (bicyclic) bond motifs is 1. The third-order valence-corrected chi connectivity index (χ3v) is 3.39. The maximum Gasteiger partial charge on any atom is 0.173 e. The Morgan fingerprint density at radius 2 is 2.20 bits per heavy atom. The Morgan fingerprint density at radius 1 is 1.47 bits per heavy atom. The molecule has 1 aromatic carbocycles. The highest BCUT2D eigenvalue weighted by atomic mass is 32.1. The first-order valence-electron chi connectivity index (χ1n) is 4.44. The van der Waals surface area contributed by atoms with Gasteiger partial charge in [-0.15, -0.1) is 11.3 Å². The molecule has 1 aromatic heterocycles. The Morgan fingerprint density at radius 3 is 2.80 bits per heavy atom. The van der Waals surface area contributed by atoms with Crippen molar-refractivity contribution in [2.24, 2.45) is 0 Å². The van der Waals surface area contributed by atoms with Crippen LogP contribution >= 0.6 is 11.3 Å². The van der Waals surface area contributed by atoms with E-state index < -0.39 is 0 Å². The van der Waals surface area contributed by atoms with Crippen LogP contribution in [-0.4, -0.2) is 18.0 Å². The molecule has 2 rings (SSSR count). The number of rotatable bonds is 2. The Kier molecular flexibility index (Phi) is 2.36. The lowest BCUT2D eigenvalue weighted by atomic mass is 10.2. The standard InChI is InChI=1S/C11H10O3S/c1-6(12)11-10(14-2)8-4-3-7(13)5-9(8)15-11/h3-5,13H,1-2H3. The summed E-state index contributed by atoms with van der Waals surface area (Å²) in [5.74, 6) is 0.775. The van der Waals surface area contributed by atoms with Crippen LogP contribution in [0.25, 0.3) is 10.1 Å². The molecule has 1 heterocycles. The Balaban J connectivity index is 2.78. The van der Waals surface area contributed by atoms with E-state index in [9.17, 15) is 9.90 Å². The van der Waals surface area contributed by atoms with E-state index in [2.05, 4.69) is 0 Å². The average molecular weight is 222 g/mol. The Hall–Kier alpha value is -1.55. The number of benzene rings is 1. The zero-order valence-electron chi connectivity index (χ0n) is 8.40. The molecule has 0 spiro atoms. The van der Waals surface area contributed by atoms with Gasteiger partial charge in [0.05, 0.1) is 7.11 Å². The van der Waals surface area contributed by atoms with Gasteiger partial charge in [-0.3, -0.25) is 4.79 Å². The van der Waals surface area contributed by atoms with Crippen molar-refractivity contribution < 1.29 is 14.6 Å². The number of methoxy groups -OCH3 is 1. The van der Waals surface area contributed by atoms with Crippen molar-refractivity contribution in [3.8, 4) is 11.5 Å². The van der Waals surface area contributed by atoms with Crippen LogP contribution < -0.4 is 4.74 Å². The molecule has 0 bridgehead atoms. The molecule has 0 aliphatic heterocycles. The van der Waals surface area contributed by atoms with E-state index in [0.717, 1.165) is 10.1 Å². The second-order valence-electron chi connectivity index (χ2n) is 3.20. The average Bonchev–Trinajstić information content (AvgIpc) is 2.55. The van der Waals surface area contributed by atoms with Gasteiger partial charge < -0.3 is 9.84 Å². The lowest BCUT2D eigenvalue weighted by Gasteiger charge is -1.99. The van der Waals surface area contributed by atoms with Crippen LogP contribution in [0.2, 0.25) is 0 Å². The minimum absolute atomic E-state index is 0.0208. The van der Waals surface area contributed by atoms with Gasteiger partial charge in [0.15, 0.2) is 5.78 Å². The number of ether oxygens (including phenoxy) is 1. The highest BCUT2D eigenvalue weighted by Crippen LogP contribution is 2.39. The van der Waals surface area contributed by atoms with Crippen molar-refractivity contribution in [3.63, 3.8) is 0 Å². The van der Waals surface area contributed by atoms with Gasteiger partial charge >= 0.3 is 0 Å². The van der Waals surface area contributed by atoms with Gasteiger partial charge in [-0.2, -0.15) is 0 Å². The predicted molar refractivity (Wildman–Crippen MR) is 60.0 cm³/mol. The van der Waals surface area contributed by atoms with Crippen molar-refractivity contribution in [3.05, 3.63) is 23.1 Å². The zero-order chi connectivity index (χ0) is 11.0. The molecular weight excluding hydrogens is 212 g/mol. The van der Waals surface area contributed by atoms with Crippen molar-refractivity contribution in [1.29, 1.82) is 0 Å². The normalized spacial score (nSPS) is 10.5. The Labute approximate surface area is 90.9 Å². The highest BCUT2D eigenvalue weighted by Gasteiger charge is 2.16. The van der Waals surface area contributed by atoms with Gasteiger partial charge in [0.25, 0.3) is 0 Å². The van der Waals surface area contributed by atoms with Gasteiger partial charge in [0.2, 0.25) is 0 Å². The van der Waals surface area contributed by atoms with Crippen LogP contribution in [0.5, 0.6) is 11.5 Å². The molecule has 0 amide bonds. The quantitative estimate of drug-likeness (QED) is 0.795. The van der Waals surface area contributed by atoms with Crippen LogP contribution in [0.1, 0.15) is 16.6 Å². The van der Waals surface area contributed by atoms with Crippen molar-refractivity contribution in [2.45, 2.75) is 6.92 Å². The molecule has 0 atom stereocenters. The molecule has 4 heteroatoms. The highest BCUT2D eigenvalue weighted by molar-refractivity contribution is 7.21. The second-order valence-corrected chi connectivity index (χ2v) is 4.25. The number of phenolic OH excluding ortho intramolecular Hbond substituents is 1. The molecule has 0 aliphatic carbocycles. The fourth-order valence-corrected chi connectivity index (χ4v) is 2.60. The fraction of sp³-hybridized carbons (Fsp3) is 0.182. The molecule has 15 heavy (non-hydrogen) atoms. The lowest BCUT2D eigenvalue weighted by molar-refractivity contribution is 0.101. The monoisotopic (exact) mass is 222 g/mol. The molecule has 1 N–H and O–H groups in total. The maximum atomic E-state index is 11.3. The minimum Gasteiger partial charge on any atom is -0.508 e. The minimum atomic E-state index is -0.0208. The van der Waals surface area contributed by atoms with Gasteiger partial charge in [0, 0.05) is 17.0 Å². The molecule has 0 saturated carbocycles. The molecule has 0 fully saturated rings. The van der Waals surface area contributed by atoms with Crippen molar-refractivity contribution >= 4 is 27.2 Å². The summed E-state index contributed by atoms with van der Waals surface area (Å²) in [5, 5.41) is 10.2. The number of thiophene rings is 1. The topological polar surface area (TPSA) is 46.5 Å². The number of carbonyl (C=O) groups excluding carboxylic acids is 1. The Bertz CT molecular complexity index is 528. The summed E-state index contributed by atoms with van der Waals surface area (Å²) in [4.78, 5) is 11.9. The zero-order valence-corrected chi connectivity index (χ0v) is 9.22. The number of aromatic hydroxyl groups is 1. The lowest BCUT2D eigenvalue weighted by Crippen LogP contribution is -1.91. The molecule has 0 aliphatic rings. The first-order chi connectivity index (χ1) is 7.13. The van der Waals surface area contributed by atoms with Crippen molar-refractivity contribution in [2.75, 3.05) is 7.11 Å². The molecular formula is C11H10O3S. The molecule has 3 nitrogen and oxygen atoms in total. The smallest absolute Gasteiger partial charge is 0.173 e. The summed E-state index contributed by atoms with van der Waals surface area (Å²) in [6.45, 7) is 1.51. The fourth-order valence-electron chi connectivity index (χ4n) is 1.50. The maximum absolute atomic E-state index is 11.3.